The lowest BCUT2D eigenvalue weighted by Gasteiger charge is -2.30. The van der Waals surface area contributed by atoms with Gasteiger partial charge < -0.3 is 15.0 Å². The van der Waals surface area contributed by atoms with Crippen molar-refractivity contribution in [3.8, 4) is 5.69 Å². The van der Waals surface area contributed by atoms with Gasteiger partial charge in [-0.2, -0.15) is 0 Å². The van der Waals surface area contributed by atoms with E-state index < -0.39 is 5.92 Å². The zero-order valence-corrected chi connectivity index (χ0v) is 23.9. The molecule has 0 saturated heterocycles. The first-order chi connectivity index (χ1) is 19.4. The lowest BCUT2D eigenvalue weighted by atomic mass is 9.94. The minimum Gasteiger partial charge on any atom is -0.378 e. The van der Waals surface area contributed by atoms with Gasteiger partial charge in [0.25, 0.3) is 5.56 Å². The molecule has 0 unspecified atom stereocenters. The first-order valence-electron chi connectivity index (χ1n) is 14.7. The molecule has 0 radical (unpaired) electrons. The first-order valence-corrected chi connectivity index (χ1v) is 15.6. The molecule has 2 aromatic rings. The van der Waals surface area contributed by atoms with Crippen LogP contribution in [0.3, 0.4) is 0 Å². The minimum atomic E-state index is -2.52. The van der Waals surface area contributed by atoms with E-state index in [9.17, 15) is 18.4 Å². The average molecular weight is 575 g/mol. The summed E-state index contributed by atoms with van der Waals surface area (Å²) in [5.74, 6) is -2.53. The smallest absolute Gasteiger partial charge is 0.264 e. The molecule has 1 aliphatic heterocycles. The third kappa shape index (κ3) is 7.50. The molecule has 5 rings (SSSR count). The van der Waals surface area contributed by atoms with E-state index in [2.05, 4.69) is 5.32 Å². The number of hydrogen-bond acceptors (Lipinski definition) is 6. The van der Waals surface area contributed by atoms with Crippen LogP contribution in [0.15, 0.2) is 40.3 Å². The lowest BCUT2D eigenvalue weighted by Crippen LogP contribution is -2.44. The summed E-state index contributed by atoms with van der Waals surface area (Å²) in [5, 5.41) is 4.50. The number of aromatic nitrogens is 2. The third-order valence-corrected chi connectivity index (χ3v) is 9.47. The van der Waals surface area contributed by atoms with Gasteiger partial charge in [-0.15, -0.1) is 0 Å². The van der Waals surface area contributed by atoms with Crippen molar-refractivity contribution >= 4 is 17.7 Å². The number of hydrogen-bond donors (Lipinski definition) is 1. The Morgan fingerprint density at radius 3 is 2.60 bits per heavy atom. The Kier molecular flexibility index (Phi) is 9.91. The molecular formula is C30H40F2N4O3S. The van der Waals surface area contributed by atoms with Crippen LogP contribution in [0, 0.1) is 0 Å². The number of nitrogens with one attached hydrogen (secondary N) is 1. The Morgan fingerprint density at radius 2 is 1.88 bits per heavy atom. The summed E-state index contributed by atoms with van der Waals surface area (Å²) in [6.45, 7) is 2.40. The monoisotopic (exact) mass is 574 g/mol. The first kappa shape index (κ1) is 29.2. The number of nitrogens with zero attached hydrogens (tertiary/aromatic N) is 3. The molecule has 7 nitrogen and oxygen atoms in total. The van der Waals surface area contributed by atoms with Crippen molar-refractivity contribution in [2.75, 3.05) is 26.2 Å². The number of unbranched alkanes of at least 4 members (excludes halogenated alkanes) is 2. The Labute approximate surface area is 239 Å². The Bertz CT molecular complexity index is 1200. The normalized spacial score (nSPS) is 19.3. The second-order valence-corrected chi connectivity index (χ2v) is 12.5. The molecule has 2 aliphatic carbocycles. The molecule has 1 N–H and O–H groups in total. The van der Waals surface area contributed by atoms with Crippen LogP contribution in [-0.2, 0) is 22.5 Å². The SMILES string of the molecule is O=C(CNCCCCCOC1CCC(F)(F)CC1)N1CCc2nc(SC3CCC3)n(-c3ccccc3)c(=O)c2C1. The van der Waals surface area contributed by atoms with Gasteiger partial charge in [0.1, 0.15) is 0 Å². The number of ether oxygens (including phenoxy) is 1. The van der Waals surface area contributed by atoms with E-state index in [1.54, 1.807) is 21.2 Å². The van der Waals surface area contributed by atoms with Crippen LogP contribution >= 0.6 is 11.8 Å². The van der Waals surface area contributed by atoms with Gasteiger partial charge in [0.15, 0.2) is 5.16 Å². The van der Waals surface area contributed by atoms with Gasteiger partial charge in [0.2, 0.25) is 11.8 Å². The Morgan fingerprint density at radius 1 is 1.10 bits per heavy atom. The molecule has 1 aromatic carbocycles. The summed E-state index contributed by atoms with van der Waals surface area (Å²) < 4.78 is 34.0. The molecule has 0 bridgehead atoms. The molecule has 0 atom stereocenters. The molecular weight excluding hydrogens is 534 g/mol. The molecule has 2 saturated carbocycles. The fraction of sp³-hybridized carbons (Fsp3) is 0.633. The number of amides is 1. The molecule has 40 heavy (non-hydrogen) atoms. The molecule has 0 spiro atoms. The van der Waals surface area contributed by atoms with Gasteiger partial charge in [-0.1, -0.05) is 36.4 Å². The van der Waals surface area contributed by atoms with Gasteiger partial charge >= 0.3 is 0 Å². The number of carbonyl (C=O) groups excluding carboxylic acids is 1. The van der Waals surface area contributed by atoms with Gasteiger partial charge in [-0.05, 0) is 63.6 Å². The van der Waals surface area contributed by atoms with E-state index in [0.717, 1.165) is 55.2 Å². The average Bonchev–Trinajstić information content (AvgIpc) is 2.93. The summed E-state index contributed by atoms with van der Waals surface area (Å²) in [4.78, 5) is 33.4. The summed E-state index contributed by atoms with van der Waals surface area (Å²) >= 11 is 1.70. The maximum Gasteiger partial charge on any atom is 0.264 e. The van der Waals surface area contributed by atoms with Crippen LogP contribution < -0.4 is 10.9 Å². The number of rotatable bonds is 12. The Balaban J connectivity index is 1.08. The van der Waals surface area contributed by atoms with Gasteiger partial charge in [-0.25, -0.2) is 13.8 Å². The number of benzene rings is 1. The van der Waals surface area contributed by atoms with Gasteiger partial charge in [-0.3, -0.25) is 14.2 Å². The molecule has 1 aromatic heterocycles. The largest absolute Gasteiger partial charge is 0.378 e. The summed E-state index contributed by atoms with van der Waals surface area (Å²) in [6.07, 6.45) is 7.56. The van der Waals surface area contributed by atoms with E-state index in [0.29, 0.717) is 43.2 Å². The van der Waals surface area contributed by atoms with Gasteiger partial charge in [0.05, 0.1) is 36.1 Å². The summed E-state index contributed by atoms with van der Waals surface area (Å²) in [7, 11) is 0. The zero-order chi connectivity index (χ0) is 28.0. The second-order valence-electron chi connectivity index (χ2n) is 11.2. The molecule has 218 valence electrons. The van der Waals surface area contributed by atoms with Crippen LogP contribution in [0.2, 0.25) is 0 Å². The quantitative estimate of drug-likeness (QED) is 0.280. The molecule has 2 fully saturated rings. The van der Waals surface area contributed by atoms with E-state index >= 15 is 0 Å². The summed E-state index contributed by atoms with van der Waals surface area (Å²) in [6, 6.07) is 9.64. The van der Waals surface area contributed by atoms with Crippen LogP contribution in [0.4, 0.5) is 8.78 Å². The van der Waals surface area contributed by atoms with Crippen molar-refractivity contribution < 1.29 is 18.3 Å². The number of para-hydroxylation sites is 1. The predicted molar refractivity (Wildman–Crippen MR) is 152 cm³/mol. The number of fused-ring (bicyclic) bond motifs is 1. The standard InChI is InChI=1S/C30H40F2N4O3S/c31-30(32)15-12-23(13-16-30)39-19-6-2-5-17-33-20-27(37)35-18-14-26-25(21-35)28(38)36(22-8-3-1-4-9-22)29(34-26)40-24-10-7-11-24/h1,3-4,8-9,23-24,33H,2,5-7,10-21H2. The number of carbonyl (C=O) groups is 1. The lowest BCUT2D eigenvalue weighted by molar-refractivity contribution is -0.131. The van der Waals surface area contributed by atoms with Crippen LogP contribution in [-0.4, -0.2) is 63.9 Å². The van der Waals surface area contributed by atoms with Crippen molar-refractivity contribution in [3.63, 3.8) is 0 Å². The van der Waals surface area contributed by atoms with E-state index in [4.69, 9.17) is 9.72 Å². The maximum atomic E-state index is 13.7. The number of thioether (sulfide) groups is 1. The Hall–Kier alpha value is -2.30. The van der Waals surface area contributed by atoms with Crippen molar-refractivity contribution in [1.82, 2.24) is 19.8 Å². The van der Waals surface area contributed by atoms with Crippen molar-refractivity contribution in [3.05, 3.63) is 51.9 Å². The summed E-state index contributed by atoms with van der Waals surface area (Å²) in [5.41, 5.74) is 2.16. The number of alkyl halides is 2. The second kappa shape index (κ2) is 13.6. The highest BCUT2D eigenvalue weighted by Crippen LogP contribution is 2.36. The third-order valence-electron chi connectivity index (χ3n) is 8.18. The van der Waals surface area contributed by atoms with E-state index in [1.165, 1.54) is 6.42 Å². The highest BCUT2D eigenvalue weighted by atomic mass is 32.2. The zero-order valence-electron chi connectivity index (χ0n) is 23.1. The predicted octanol–water partition coefficient (Wildman–Crippen LogP) is 5.12. The molecule has 1 amide bonds. The van der Waals surface area contributed by atoms with Gasteiger partial charge in [0, 0.05) is 37.7 Å². The molecule has 2 heterocycles. The fourth-order valence-electron chi connectivity index (χ4n) is 5.46. The van der Waals surface area contributed by atoms with Crippen molar-refractivity contribution in [1.29, 1.82) is 0 Å². The van der Waals surface area contributed by atoms with Crippen molar-refractivity contribution in [2.24, 2.45) is 0 Å². The minimum absolute atomic E-state index is 0.0123. The molecule has 3 aliphatic rings. The van der Waals surface area contributed by atoms with E-state index in [1.807, 2.05) is 30.3 Å². The van der Waals surface area contributed by atoms with Crippen LogP contribution in [0.1, 0.15) is 75.5 Å². The fourth-order valence-corrected chi connectivity index (χ4v) is 6.78. The maximum absolute atomic E-state index is 13.7. The van der Waals surface area contributed by atoms with Crippen molar-refractivity contribution in [2.45, 2.75) is 99.6 Å². The van der Waals surface area contributed by atoms with E-state index in [-0.39, 0.29) is 43.5 Å². The van der Waals surface area contributed by atoms with Crippen LogP contribution in [0.5, 0.6) is 0 Å². The topological polar surface area (TPSA) is 76.5 Å². The number of halogens is 2. The van der Waals surface area contributed by atoms with Crippen LogP contribution in [0.25, 0.3) is 5.69 Å². The highest BCUT2D eigenvalue weighted by molar-refractivity contribution is 7.99. The molecule has 10 heteroatoms. The highest BCUT2D eigenvalue weighted by Gasteiger charge is 2.35.